The van der Waals surface area contributed by atoms with Crippen molar-refractivity contribution in [2.75, 3.05) is 0 Å². The lowest BCUT2D eigenvalue weighted by molar-refractivity contribution is 0.0657. The fourth-order valence-electron chi connectivity index (χ4n) is 2.49. The highest BCUT2D eigenvalue weighted by molar-refractivity contribution is 5.38. The lowest BCUT2D eigenvalue weighted by atomic mass is 9.89. The van der Waals surface area contributed by atoms with Gasteiger partial charge in [0.15, 0.2) is 0 Å². The van der Waals surface area contributed by atoms with Gasteiger partial charge in [-0.15, -0.1) is 0 Å². The van der Waals surface area contributed by atoms with Gasteiger partial charge in [-0.05, 0) is 32.8 Å². The Kier molecular flexibility index (Phi) is 2.21. The fourth-order valence-corrected chi connectivity index (χ4v) is 2.49. The highest BCUT2D eigenvalue weighted by Gasteiger charge is 2.36. The van der Waals surface area contributed by atoms with Crippen LogP contribution in [-0.4, -0.2) is 11.6 Å². The number of rotatable bonds is 2. The number of para-hydroxylation sites is 1. The van der Waals surface area contributed by atoms with Crippen molar-refractivity contribution in [3.05, 3.63) is 29.8 Å². The molecule has 1 aromatic carbocycles. The highest BCUT2D eigenvalue weighted by atomic mass is 16.5. The van der Waals surface area contributed by atoms with Crippen LogP contribution in [0, 0.1) is 0 Å². The average Bonchev–Trinajstić information content (AvgIpc) is 3.00. The lowest BCUT2D eigenvalue weighted by Gasteiger charge is -2.38. The molecule has 1 fully saturated rings. The topological polar surface area (TPSA) is 21.3 Å². The van der Waals surface area contributed by atoms with E-state index >= 15 is 0 Å². The predicted molar refractivity (Wildman–Crippen MR) is 64.7 cm³/mol. The Labute approximate surface area is 97.0 Å². The Morgan fingerprint density at radius 3 is 2.75 bits per heavy atom. The molecule has 0 radical (unpaired) electrons. The molecule has 1 unspecified atom stereocenters. The van der Waals surface area contributed by atoms with Gasteiger partial charge in [-0.1, -0.05) is 18.2 Å². The van der Waals surface area contributed by atoms with Crippen LogP contribution in [0.1, 0.15) is 44.7 Å². The summed E-state index contributed by atoms with van der Waals surface area (Å²) in [5.41, 5.74) is 1.27. The van der Waals surface area contributed by atoms with Crippen LogP contribution < -0.4 is 10.1 Å². The summed E-state index contributed by atoms with van der Waals surface area (Å²) in [6.45, 7) is 4.34. The van der Waals surface area contributed by atoms with E-state index in [9.17, 15) is 0 Å². The molecule has 0 saturated heterocycles. The molecule has 0 bridgehead atoms. The molecule has 0 aromatic heterocycles. The van der Waals surface area contributed by atoms with Crippen LogP contribution in [-0.2, 0) is 0 Å². The number of hydrogen-bond donors (Lipinski definition) is 1. The third kappa shape index (κ3) is 1.94. The molecule has 86 valence electrons. The van der Waals surface area contributed by atoms with Gasteiger partial charge in [0.2, 0.25) is 0 Å². The summed E-state index contributed by atoms with van der Waals surface area (Å²) in [7, 11) is 0. The zero-order valence-electron chi connectivity index (χ0n) is 9.99. The molecule has 0 amide bonds. The molecule has 1 N–H and O–H groups in total. The summed E-state index contributed by atoms with van der Waals surface area (Å²) in [6, 6.07) is 9.62. The van der Waals surface area contributed by atoms with E-state index in [1.807, 2.05) is 0 Å². The summed E-state index contributed by atoms with van der Waals surface area (Å²) < 4.78 is 6.01. The molecule has 1 atom stereocenters. The second-order valence-corrected chi connectivity index (χ2v) is 5.60. The summed E-state index contributed by atoms with van der Waals surface area (Å²) in [5.74, 6) is 1.05. The van der Waals surface area contributed by atoms with Crippen molar-refractivity contribution in [2.24, 2.45) is 0 Å². The van der Waals surface area contributed by atoms with Crippen LogP contribution in [0.4, 0.5) is 0 Å². The molecule has 2 heteroatoms. The minimum Gasteiger partial charge on any atom is -0.487 e. The van der Waals surface area contributed by atoms with Crippen molar-refractivity contribution < 1.29 is 4.74 Å². The van der Waals surface area contributed by atoms with Crippen LogP contribution in [0.3, 0.4) is 0 Å². The Morgan fingerprint density at radius 1 is 1.25 bits per heavy atom. The normalized spacial score (nSPS) is 27.0. The number of nitrogens with one attached hydrogen (secondary N) is 1. The lowest BCUT2D eigenvalue weighted by Crippen LogP contribution is -2.40. The summed E-state index contributed by atoms with van der Waals surface area (Å²) in [5, 5.41) is 3.72. The molecule has 1 heterocycles. The maximum Gasteiger partial charge on any atom is 0.124 e. The van der Waals surface area contributed by atoms with Gasteiger partial charge in [-0.3, -0.25) is 0 Å². The third-order valence-corrected chi connectivity index (χ3v) is 3.39. The minimum absolute atomic E-state index is 0.0547. The molecule has 1 aromatic rings. The first-order valence-corrected chi connectivity index (χ1v) is 6.18. The molecular formula is C14H19NO. The first-order valence-electron chi connectivity index (χ1n) is 6.18. The van der Waals surface area contributed by atoms with Gasteiger partial charge >= 0.3 is 0 Å². The van der Waals surface area contributed by atoms with Gasteiger partial charge in [0.1, 0.15) is 11.4 Å². The first-order chi connectivity index (χ1) is 7.64. The Morgan fingerprint density at radius 2 is 2.00 bits per heavy atom. The molecule has 1 saturated carbocycles. The number of ether oxygens (including phenoxy) is 1. The predicted octanol–water partition coefficient (Wildman–Crippen LogP) is 3.04. The van der Waals surface area contributed by atoms with Crippen LogP contribution in [0.2, 0.25) is 0 Å². The molecule has 16 heavy (non-hydrogen) atoms. The van der Waals surface area contributed by atoms with E-state index in [-0.39, 0.29) is 5.60 Å². The van der Waals surface area contributed by atoms with Gasteiger partial charge in [0.05, 0.1) is 0 Å². The molecule has 1 aliphatic heterocycles. The average molecular weight is 217 g/mol. The van der Waals surface area contributed by atoms with Crippen LogP contribution in [0.15, 0.2) is 24.3 Å². The summed E-state index contributed by atoms with van der Waals surface area (Å²) in [6.07, 6.45) is 3.72. The van der Waals surface area contributed by atoms with Gasteiger partial charge < -0.3 is 10.1 Å². The monoisotopic (exact) mass is 217 g/mol. The molecule has 1 aliphatic carbocycles. The zero-order chi connectivity index (χ0) is 11.2. The standard InChI is InChI=1S/C14H19NO/c1-14(2)9-12(15-10-7-8-10)11-5-3-4-6-13(11)16-14/h3-6,10,12,15H,7-9H2,1-2H3. The van der Waals surface area contributed by atoms with Crippen molar-refractivity contribution in [2.45, 2.75) is 50.8 Å². The zero-order valence-corrected chi connectivity index (χ0v) is 9.99. The van der Waals surface area contributed by atoms with Gasteiger partial charge in [-0.2, -0.15) is 0 Å². The van der Waals surface area contributed by atoms with E-state index in [4.69, 9.17) is 4.74 Å². The summed E-state index contributed by atoms with van der Waals surface area (Å²) >= 11 is 0. The number of hydrogen-bond acceptors (Lipinski definition) is 2. The quantitative estimate of drug-likeness (QED) is 0.822. The Hall–Kier alpha value is -1.02. The first kappa shape index (κ1) is 10.2. The van der Waals surface area contributed by atoms with Crippen LogP contribution >= 0.6 is 0 Å². The molecule has 0 spiro atoms. The van der Waals surface area contributed by atoms with E-state index in [2.05, 4.69) is 43.4 Å². The molecule has 2 aliphatic rings. The molecular weight excluding hydrogens is 198 g/mol. The van der Waals surface area contributed by atoms with Gasteiger partial charge in [-0.25, -0.2) is 0 Å². The number of fused-ring (bicyclic) bond motifs is 1. The van der Waals surface area contributed by atoms with Gasteiger partial charge in [0.25, 0.3) is 0 Å². The molecule has 2 nitrogen and oxygen atoms in total. The van der Waals surface area contributed by atoms with Crippen molar-refractivity contribution in [3.8, 4) is 5.75 Å². The second kappa shape index (κ2) is 3.49. The Bertz CT molecular complexity index is 395. The number of benzene rings is 1. The van der Waals surface area contributed by atoms with E-state index in [0.29, 0.717) is 6.04 Å². The maximum atomic E-state index is 6.01. The van der Waals surface area contributed by atoms with Gasteiger partial charge in [0, 0.05) is 24.1 Å². The Balaban J connectivity index is 1.91. The van der Waals surface area contributed by atoms with E-state index in [1.165, 1.54) is 18.4 Å². The summed E-state index contributed by atoms with van der Waals surface area (Å²) in [4.78, 5) is 0. The highest BCUT2D eigenvalue weighted by Crippen LogP contribution is 2.40. The maximum absolute atomic E-state index is 6.01. The van der Waals surface area contributed by atoms with Crippen LogP contribution in [0.5, 0.6) is 5.75 Å². The van der Waals surface area contributed by atoms with Crippen molar-refractivity contribution in [1.82, 2.24) is 5.32 Å². The fraction of sp³-hybridized carbons (Fsp3) is 0.571. The van der Waals surface area contributed by atoms with E-state index in [1.54, 1.807) is 0 Å². The largest absolute Gasteiger partial charge is 0.487 e. The van der Waals surface area contributed by atoms with E-state index < -0.39 is 0 Å². The smallest absolute Gasteiger partial charge is 0.124 e. The van der Waals surface area contributed by atoms with E-state index in [0.717, 1.165) is 18.2 Å². The molecule has 3 rings (SSSR count). The van der Waals surface area contributed by atoms with Crippen LogP contribution in [0.25, 0.3) is 0 Å². The van der Waals surface area contributed by atoms with Crippen molar-refractivity contribution in [1.29, 1.82) is 0 Å². The van der Waals surface area contributed by atoms with Crippen molar-refractivity contribution >= 4 is 0 Å². The third-order valence-electron chi connectivity index (χ3n) is 3.39. The van der Waals surface area contributed by atoms with Crippen molar-refractivity contribution in [3.63, 3.8) is 0 Å². The SMILES string of the molecule is CC1(C)CC(NC2CC2)c2ccccc2O1. The second-order valence-electron chi connectivity index (χ2n) is 5.60. The minimum atomic E-state index is -0.0547.